The molecule has 4 rings (SSSR count). The summed E-state index contributed by atoms with van der Waals surface area (Å²) in [4.78, 5) is 21.0. The molecule has 0 amide bonds. The number of sulfonamides is 2. The lowest BCUT2D eigenvalue weighted by Crippen LogP contribution is -2.18. The Morgan fingerprint density at radius 1 is 0.647 bits per heavy atom. The second kappa shape index (κ2) is 15.8. The Morgan fingerprint density at radius 2 is 1.00 bits per heavy atom. The molecule has 4 aromatic rings. The minimum absolute atomic E-state index is 0.00511. The van der Waals surface area contributed by atoms with Gasteiger partial charge in [-0.2, -0.15) is 26.3 Å². The summed E-state index contributed by atoms with van der Waals surface area (Å²) in [7, 11) is -6.42. The van der Waals surface area contributed by atoms with E-state index >= 15 is 0 Å². The first-order valence-corrected chi connectivity index (χ1v) is 16.8. The molecule has 0 bridgehead atoms. The second-order valence-corrected chi connectivity index (χ2v) is 13.5. The van der Waals surface area contributed by atoms with Gasteiger partial charge in [-0.15, -0.1) is 0 Å². The monoisotopic (exact) mass is 764 g/mol. The van der Waals surface area contributed by atoms with Gasteiger partial charge in [0, 0.05) is 11.1 Å². The molecule has 5 N–H and O–H groups in total. The van der Waals surface area contributed by atoms with Crippen LogP contribution in [0.5, 0.6) is 11.5 Å². The highest BCUT2D eigenvalue weighted by Crippen LogP contribution is 2.39. The number of benzene rings is 4. The summed E-state index contributed by atoms with van der Waals surface area (Å²) in [5.74, 6) is -2.73. The van der Waals surface area contributed by atoms with Gasteiger partial charge in [0.25, 0.3) is 0 Å². The summed E-state index contributed by atoms with van der Waals surface area (Å²) in [5.41, 5.74) is -1.49. The van der Waals surface area contributed by atoms with E-state index in [1.54, 1.807) is 0 Å². The maximum Gasteiger partial charge on any atom is 0.416 e. The fourth-order valence-electron chi connectivity index (χ4n) is 4.15. The second-order valence-electron chi connectivity index (χ2n) is 10.1. The molecule has 0 saturated heterocycles. The van der Waals surface area contributed by atoms with E-state index in [1.165, 1.54) is 43.4 Å². The summed E-state index contributed by atoms with van der Waals surface area (Å²) in [5, 5.41) is 22.3. The first kappa shape index (κ1) is 40.3. The first-order chi connectivity index (χ1) is 23.5. The van der Waals surface area contributed by atoms with E-state index in [9.17, 15) is 52.8 Å². The minimum Gasteiger partial charge on any atom is -0.481 e. The standard InChI is InChI=1S/C16H14F3NO5S.C15H12F3NO5S/c1-20-26(23,24)12-5-2-10(3-6-12)13-8-11(16(17,18)19)4-7-14(13)25-9-15(21)22;16-15(17,18)10-3-6-13(24-8-14(20)21)12(7-10)9-1-4-11(5-2-9)25(19,22)23/h2-8,20H,9H2,1H3,(H,21,22);1-7H,8H2,(H,20,21)(H2,19,22,23). The van der Waals surface area contributed by atoms with Crippen molar-refractivity contribution in [2.75, 3.05) is 20.3 Å². The Kier molecular flexibility index (Phi) is 12.5. The van der Waals surface area contributed by atoms with Gasteiger partial charge in [-0.25, -0.2) is 36.3 Å². The third-order valence-corrected chi connectivity index (χ3v) is 8.91. The lowest BCUT2D eigenvalue weighted by atomic mass is 10.0. The fraction of sp³-hybridized carbons (Fsp3) is 0.161. The predicted octanol–water partition coefficient (Wildman–Crippen LogP) is 5.23. The van der Waals surface area contributed by atoms with Gasteiger partial charge in [-0.3, -0.25) is 0 Å². The molecular formula is C31H26F6N2O10S2. The SMILES string of the molecule is CNS(=O)(=O)c1ccc(-c2cc(C(F)(F)F)ccc2OCC(=O)O)cc1.NS(=O)(=O)c1ccc(-c2cc(C(F)(F)F)ccc2OCC(=O)O)cc1. The minimum atomic E-state index is -4.61. The molecule has 0 aliphatic rings. The van der Waals surface area contributed by atoms with Crippen LogP contribution in [0.25, 0.3) is 22.3 Å². The maximum atomic E-state index is 13.0. The zero-order valence-electron chi connectivity index (χ0n) is 25.8. The van der Waals surface area contributed by atoms with Gasteiger partial charge in [0.15, 0.2) is 13.2 Å². The number of aliphatic carboxylic acids is 2. The van der Waals surface area contributed by atoms with E-state index < -0.39 is 68.7 Å². The van der Waals surface area contributed by atoms with Crippen molar-refractivity contribution in [3.05, 3.63) is 96.1 Å². The summed E-state index contributed by atoms with van der Waals surface area (Å²) in [6, 6.07) is 15.0. The van der Waals surface area contributed by atoms with Crippen LogP contribution in [0.4, 0.5) is 26.3 Å². The van der Waals surface area contributed by atoms with Gasteiger partial charge in [-0.05, 0) is 78.8 Å². The lowest BCUT2D eigenvalue weighted by Gasteiger charge is -2.14. The van der Waals surface area contributed by atoms with Crippen molar-refractivity contribution in [1.29, 1.82) is 0 Å². The van der Waals surface area contributed by atoms with Crippen LogP contribution in [0.3, 0.4) is 0 Å². The van der Waals surface area contributed by atoms with Crippen LogP contribution in [-0.2, 0) is 42.0 Å². The number of primary sulfonamides is 1. The van der Waals surface area contributed by atoms with Crippen LogP contribution in [0, 0.1) is 0 Å². The predicted molar refractivity (Wildman–Crippen MR) is 168 cm³/mol. The number of carboxylic acids is 2. The number of halogens is 6. The third kappa shape index (κ3) is 11.2. The lowest BCUT2D eigenvalue weighted by molar-refractivity contribution is -0.140. The van der Waals surface area contributed by atoms with Crippen molar-refractivity contribution in [3.63, 3.8) is 0 Å². The van der Waals surface area contributed by atoms with E-state index in [2.05, 4.69) is 4.72 Å². The van der Waals surface area contributed by atoms with Crippen molar-refractivity contribution in [2.24, 2.45) is 5.14 Å². The molecule has 12 nitrogen and oxygen atoms in total. The zero-order valence-corrected chi connectivity index (χ0v) is 27.5. The molecule has 0 radical (unpaired) electrons. The highest BCUT2D eigenvalue weighted by molar-refractivity contribution is 7.89. The van der Waals surface area contributed by atoms with Gasteiger partial charge < -0.3 is 19.7 Å². The maximum absolute atomic E-state index is 13.0. The van der Waals surface area contributed by atoms with Crippen LogP contribution in [0.1, 0.15) is 11.1 Å². The Labute approximate surface area is 286 Å². The normalized spacial score (nSPS) is 12.0. The number of nitrogens with one attached hydrogen (secondary N) is 1. The van der Waals surface area contributed by atoms with Gasteiger partial charge in [0.05, 0.1) is 20.9 Å². The molecule has 20 heteroatoms. The van der Waals surface area contributed by atoms with Crippen molar-refractivity contribution in [2.45, 2.75) is 22.1 Å². The van der Waals surface area contributed by atoms with Crippen molar-refractivity contribution < 1.29 is 72.5 Å². The first-order valence-electron chi connectivity index (χ1n) is 13.8. The number of nitrogens with two attached hydrogens (primary N) is 1. The largest absolute Gasteiger partial charge is 0.481 e. The Hall–Kier alpha value is -5.18. The topological polar surface area (TPSA) is 199 Å². The van der Waals surface area contributed by atoms with E-state index in [1.807, 2.05) is 0 Å². The molecule has 0 atom stereocenters. The Morgan fingerprint density at radius 3 is 1.29 bits per heavy atom. The summed E-state index contributed by atoms with van der Waals surface area (Å²) < 4.78 is 136. The highest BCUT2D eigenvalue weighted by Gasteiger charge is 2.32. The molecule has 51 heavy (non-hydrogen) atoms. The average molecular weight is 765 g/mol. The molecule has 0 aliphatic carbocycles. The van der Waals surface area contributed by atoms with Gasteiger partial charge >= 0.3 is 24.3 Å². The molecule has 0 spiro atoms. The molecule has 0 unspecified atom stereocenters. The quantitative estimate of drug-likeness (QED) is 0.147. The summed E-state index contributed by atoms with van der Waals surface area (Å²) in [6.45, 7) is -1.47. The van der Waals surface area contributed by atoms with Gasteiger partial charge in [-0.1, -0.05) is 24.3 Å². The fourth-order valence-corrected chi connectivity index (χ4v) is 5.40. The average Bonchev–Trinajstić information content (AvgIpc) is 3.05. The number of hydrogen-bond donors (Lipinski definition) is 4. The number of carbonyl (C=O) groups is 2. The molecule has 4 aromatic carbocycles. The number of rotatable bonds is 11. The number of ether oxygens (including phenoxy) is 2. The Balaban J connectivity index is 0.000000276. The van der Waals surface area contributed by atoms with E-state index in [-0.39, 0.29) is 43.5 Å². The van der Waals surface area contributed by atoms with E-state index in [0.717, 1.165) is 48.5 Å². The van der Waals surface area contributed by atoms with Crippen LogP contribution in [0.2, 0.25) is 0 Å². The van der Waals surface area contributed by atoms with Crippen LogP contribution >= 0.6 is 0 Å². The van der Waals surface area contributed by atoms with E-state index in [4.69, 9.17) is 24.8 Å². The molecular weight excluding hydrogens is 738 g/mol. The highest BCUT2D eigenvalue weighted by atomic mass is 32.2. The van der Waals surface area contributed by atoms with Crippen LogP contribution in [-0.4, -0.2) is 59.2 Å². The molecule has 0 heterocycles. The van der Waals surface area contributed by atoms with Crippen molar-refractivity contribution >= 4 is 32.0 Å². The van der Waals surface area contributed by atoms with E-state index in [0.29, 0.717) is 0 Å². The van der Waals surface area contributed by atoms with Crippen LogP contribution < -0.4 is 19.3 Å². The molecule has 0 fully saturated rings. The smallest absolute Gasteiger partial charge is 0.416 e. The summed E-state index contributed by atoms with van der Waals surface area (Å²) in [6.07, 6.45) is -9.21. The Bertz CT molecular complexity index is 2100. The number of alkyl halides is 6. The van der Waals surface area contributed by atoms with Gasteiger partial charge in [0.2, 0.25) is 20.0 Å². The van der Waals surface area contributed by atoms with Crippen LogP contribution in [0.15, 0.2) is 94.7 Å². The van der Waals surface area contributed by atoms with Crippen molar-refractivity contribution in [1.82, 2.24) is 4.72 Å². The number of carboxylic acid groups (broad SMARTS) is 2. The molecule has 0 aromatic heterocycles. The molecule has 274 valence electrons. The van der Waals surface area contributed by atoms with Crippen molar-refractivity contribution in [3.8, 4) is 33.8 Å². The third-order valence-electron chi connectivity index (χ3n) is 6.55. The molecule has 0 aliphatic heterocycles. The van der Waals surface area contributed by atoms with Gasteiger partial charge in [0.1, 0.15) is 11.5 Å². The molecule has 0 saturated carbocycles. The summed E-state index contributed by atoms with van der Waals surface area (Å²) >= 11 is 0. The zero-order chi connectivity index (χ0) is 38.4. The number of hydrogen-bond acceptors (Lipinski definition) is 8.